The van der Waals surface area contributed by atoms with Gasteiger partial charge in [0.1, 0.15) is 0 Å². The Morgan fingerprint density at radius 2 is 1.95 bits per heavy atom. The summed E-state index contributed by atoms with van der Waals surface area (Å²) in [6.07, 6.45) is 4.53. The Labute approximate surface area is 119 Å². The molecule has 1 saturated carbocycles. The van der Waals surface area contributed by atoms with Crippen molar-refractivity contribution in [1.82, 2.24) is 5.32 Å². The number of benzene rings is 1. The van der Waals surface area contributed by atoms with Crippen LogP contribution in [0.3, 0.4) is 0 Å². The molecule has 0 saturated heterocycles. The number of nitrogens with two attached hydrogens (primary N) is 1. The van der Waals surface area contributed by atoms with Crippen LogP contribution < -0.4 is 11.1 Å². The Hall–Kier alpha value is -1.42. The smallest absolute Gasteiger partial charge is 0.230 e. The Balaban J connectivity index is 1.79. The van der Waals surface area contributed by atoms with E-state index in [2.05, 4.69) is 5.32 Å². The van der Waals surface area contributed by atoms with Crippen molar-refractivity contribution in [3.63, 3.8) is 0 Å². The van der Waals surface area contributed by atoms with E-state index in [4.69, 9.17) is 18.0 Å². The van der Waals surface area contributed by atoms with Crippen LogP contribution in [0.1, 0.15) is 37.7 Å². The predicted octanol–water partition coefficient (Wildman–Crippen LogP) is 2.29. The zero-order chi connectivity index (χ0) is 13.7. The SMILES string of the molecule is NC(=S)CCCCNC(=O)C1(c2ccccc2)CC1. The first-order valence-corrected chi connectivity index (χ1v) is 7.18. The molecule has 3 nitrogen and oxygen atoms in total. The van der Waals surface area contributed by atoms with Gasteiger partial charge in [-0.05, 0) is 37.7 Å². The number of carbonyl (C=O) groups is 1. The van der Waals surface area contributed by atoms with Crippen molar-refractivity contribution in [3.8, 4) is 0 Å². The molecule has 0 bridgehead atoms. The number of amides is 1. The van der Waals surface area contributed by atoms with E-state index in [0.717, 1.165) is 37.7 Å². The molecule has 1 amide bonds. The van der Waals surface area contributed by atoms with E-state index in [1.54, 1.807) is 0 Å². The molecule has 1 aromatic carbocycles. The molecule has 3 N–H and O–H groups in total. The Morgan fingerprint density at radius 1 is 1.26 bits per heavy atom. The molecule has 0 aromatic heterocycles. The maximum absolute atomic E-state index is 12.3. The highest BCUT2D eigenvalue weighted by Crippen LogP contribution is 2.48. The number of rotatable bonds is 7. The minimum atomic E-state index is -0.259. The number of carbonyl (C=O) groups excluding carboxylic acids is 1. The van der Waals surface area contributed by atoms with Gasteiger partial charge in [0.25, 0.3) is 0 Å². The lowest BCUT2D eigenvalue weighted by Crippen LogP contribution is -2.35. The Bertz CT molecular complexity index is 454. The summed E-state index contributed by atoms with van der Waals surface area (Å²) in [5, 5.41) is 3.03. The normalized spacial score (nSPS) is 15.8. The summed E-state index contributed by atoms with van der Waals surface area (Å²) in [5.41, 5.74) is 6.31. The highest BCUT2D eigenvalue weighted by Gasteiger charge is 2.50. The molecule has 0 radical (unpaired) electrons. The van der Waals surface area contributed by atoms with Gasteiger partial charge in [-0.3, -0.25) is 4.79 Å². The lowest BCUT2D eigenvalue weighted by Gasteiger charge is -2.15. The zero-order valence-corrected chi connectivity index (χ0v) is 11.8. The van der Waals surface area contributed by atoms with Gasteiger partial charge in [-0.2, -0.15) is 0 Å². The van der Waals surface area contributed by atoms with Gasteiger partial charge in [-0.25, -0.2) is 0 Å². The second-order valence-corrected chi connectivity index (χ2v) is 5.65. The van der Waals surface area contributed by atoms with Crippen molar-refractivity contribution in [1.29, 1.82) is 0 Å². The Morgan fingerprint density at radius 3 is 2.53 bits per heavy atom. The molecule has 1 aromatic rings. The van der Waals surface area contributed by atoms with Crippen LogP contribution in [0.5, 0.6) is 0 Å². The van der Waals surface area contributed by atoms with Gasteiger partial charge in [0.2, 0.25) is 5.91 Å². The summed E-state index contributed by atoms with van der Waals surface area (Å²) in [6, 6.07) is 10.0. The van der Waals surface area contributed by atoms with Crippen LogP contribution in [0.15, 0.2) is 30.3 Å². The fourth-order valence-electron chi connectivity index (χ4n) is 2.32. The van der Waals surface area contributed by atoms with E-state index < -0.39 is 0 Å². The fraction of sp³-hybridized carbons (Fsp3) is 0.467. The Kier molecular flexibility index (Phi) is 4.53. The second kappa shape index (κ2) is 6.15. The molecule has 1 aliphatic carbocycles. The average Bonchev–Trinajstić information content (AvgIpc) is 3.20. The molecule has 1 aliphatic rings. The van der Waals surface area contributed by atoms with Gasteiger partial charge in [0.15, 0.2) is 0 Å². The van der Waals surface area contributed by atoms with Gasteiger partial charge in [-0.15, -0.1) is 0 Å². The first-order chi connectivity index (χ1) is 9.15. The van der Waals surface area contributed by atoms with Crippen LogP contribution in [-0.2, 0) is 10.2 Å². The standard InChI is InChI=1S/C15H20N2OS/c16-13(19)8-4-5-11-17-14(18)15(9-10-15)12-6-2-1-3-7-12/h1-3,6-7H,4-5,8-11H2,(H2,16,19)(H,17,18). The van der Waals surface area contributed by atoms with E-state index in [-0.39, 0.29) is 11.3 Å². The third-order valence-electron chi connectivity index (χ3n) is 3.65. The van der Waals surface area contributed by atoms with E-state index in [9.17, 15) is 4.79 Å². The average molecular weight is 276 g/mol. The van der Waals surface area contributed by atoms with Crippen LogP contribution in [0.2, 0.25) is 0 Å². The lowest BCUT2D eigenvalue weighted by atomic mass is 9.95. The molecular formula is C15H20N2OS. The van der Waals surface area contributed by atoms with Crippen molar-refractivity contribution in [2.24, 2.45) is 5.73 Å². The van der Waals surface area contributed by atoms with Gasteiger partial charge < -0.3 is 11.1 Å². The third-order valence-corrected chi connectivity index (χ3v) is 3.85. The van der Waals surface area contributed by atoms with Crippen molar-refractivity contribution in [2.45, 2.75) is 37.5 Å². The van der Waals surface area contributed by atoms with Crippen molar-refractivity contribution in [3.05, 3.63) is 35.9 Å². The summed E-state index contributed by atoms with van der Waals surface area (Å²) in [4.78, 5) is 12.8. The molecule has 0 unspecified atom stereocenters. The number of thiocarbonyl (C=S) groups is 1. The molecule has 0 heterocycles. The van der Waals surface area contributed by atoms with Crippen molar-refractivity contribution in [2.75, 3.05) is 6.54 Å². The van der Waals surface area contributed by atoms with Crippen LogP contribution in [-0.4, -0.2) is 17.4 Å². The van der Waals surface area contributed by atoms with Gasteiger partial charge in [0.05, 0.1) is 10.4 Å². The molecule has 4 heteroatoms. The largest absolute Gasteiger partial charge is 0.393 e. The summed E-state index contributed by atoms with van der Waals surface area (Å²) in [7, 11) is 0. The van der Waals surface area contributed by atoms with Crippen LogP contribution in [0.25, 0.3) is 0 Å². The molecule has 1 fully saturated rings. The molecule has 19 heavy (non-hydrogen) atoms. The van der Waals surface area contributed by atoms with E-state index in [1.807, 2.05) is 30.3 Å². The molecule has 2 rings (SSSR count). The number of hydrogen-bond acceptors (Lipinski definition) is 2. The second-order valence-electron chi connectivity index (χ2n) is 5.13. The summed E-state index contributed by atoms with van der Waals surface area (Å²) >= 11 is 4.82. The lowest BCUT2D eigenvalue weighted by molar-refractivity contribution is -0.123. The maximum Gasteiger partial charge on any atom is 0.230 e. The topological polar surface area (TPSA) is 55.1 Å². The molecular weight excluding hydrogens is 256 g/mol. The summed E-state index contributed by atoms with van der Waals surface area (Å²) in [5.74, 6) is 0.161. The molecule has 102 valence electrons. The third kappa shape index (κ3) is 3.53. The summed E-state index contributed by atoms with van der Waals surface area (Å²) in [6.45, 7) is 0.704. The van der Waals surface area contributed by atoms with E-state index in [1.165, 1.54) is 0 Å². The first-order valence-electron chi connectivity index (χ1n) is 6.77. The van der Waals surface area contributed by atoms with Crippen LogP contribution in [0, 0.1) is 0 Å². The number of hydrogen-bond donors (Lipinski definition) is 2. The van der Waals surface area contributed by atoms with E-state index in [0.29, 0.717) is 11.5 Å². The van der Waals surface area contributed by atoms with E-state index >= 15 is 0 Å². The summed E-state index contributed by atoms with van der Waals surface area (Å²) < 4.78 is 0. The van der Waals surface area contributed by atoms with Crippen molar-refractivity contribution >= 4 is 23.1 Å². The molecule has 0 spiro atoms. The van der Waals surface area contributed by atoms with Crippen LogP contribution in [0.4, 0.5) is 0 Å². The zero-order valence-electron chi connectivity index (χ0n) is 11.0. The molecule has 0 aliphatic heterocycles. The first kappa shape index (κ1) is 14.0. The highest BCUT2D eigenvalue weighted by atomic mass is 32.1. The minimum absolute atomic E-state index is 0.161. The highest BCUT2D eigenvalue weighted by molar-refractivity contribution is 7.80. The minimum Gasteiger partial charge on any atom is -0.393 e. The van der Waals surface area contributed by atoms with Gasteiger partial charge >= 0.3 is 0 Å². The fourth-order valence-corrected chi connectivity index (χ4v) is 2.47. The molecule has 0 atom stereocenters. The number of unbranched alkanes of at least 4 members (excludes halogenated alkanes) is 1. The monoisotopic (exact) mass is 276 g/mol. The maximum atomic E-state index is 12.3. The number of nitrogens with one attached hydrogen (secondary N) is 1. The predicted molar refractivity (Wildman–Crippen MR) is 81.0 cm³/mol. The van der Waals surface area contributed by atoms with Crippen molar-refractivity contribution < 1.29 is 4.79 Å². The van der Waals surface area contributed by atoms with Crippen LogP contribution >= 0.6 is 12.2 Å². The quantitative estimate of drug-likeness (QED) is 0.593. The van der Waals surface area contributed by atoms with Gasteiger partial charge in [0, 0.05) is 6.54 Å². The van der Waals surface area contributed by atoms with Gasteiger partial charge in [-0.1, -0.05) is 42.5 Å².